The Bertz CT molecular complexity index is 1300. The molecule has 3 aromatic rings. The number of hydrogen-bond donors (Lipinski definition) is 2. The zero-order valence-corrected chi connectivity index (χ0v) is 20.8. The van der Waals surface area contributed by atoms with Crippen LogP contribution < -0.4 is 5.32 Å². The van der Waals surface area contributed by atoms with Crippen molar-refractivity contribution in [2.75, 3.05) is 20.2 Å². The first-order chi connectivity index (χ1) is 17.4. The third-order valence-corrected chi connectivity index (χ3v) is 8.02. The number of nitrogens with zero attached hydrogens (tertiary/aromatic N) is 2. The van der Waals surface area contributed by atoms with Gasteiger partial charge in [0.1, 0.15) is 7.11 Å². The summed E-state index contributed by atoms with van der Waals surface area (Å²) < 4.78 is 28.4. The van der Waals surface area contributed by atoms with Crippen molar-refractivity contribution in [3.05, 3.63) is 90.5 Å². The van der Waals surface area contributed by atoms with E-state index < -0.39 is 22.2 Å². The molecule has 3 aromatic carbocycles. The van der Waals surface area contributed by atoms with Crippen LogP contribution in [0.4, 0.5) is 0 Å². The largest absolute Gasteiger partial charge is 0.399 e. The van der Waals surface area contributed by atoms with Gasteiger partial charge in [0.25, 0.3) is 0 Å². The van der Waals surface area contributed by atoms with E-state index in [-0.39, 0.29) is 36.7 Å². The molecule has 1 saturated heterocycles. The number of sulfonamides is 1. The molecule has 0 unspecified atom stereocenters. The summed E-state index contributed by atoms with van der Waals surface area (Å²) in [7, 11) is -2.49. The molecule has 0 aromatic heterocycles. The number of nitrogens with one attached hydrogen (secondary N) is 1. The number of aliphatic hydroxyl groups excluding tert-OH is 1. The van der Waals surface area contributed by atoms with E-state index in [0.29, 0.717) is 11.3 Å². The van der Waals surface area contributed by atoms with Crippen LogP contribution in [0.2, 0.25) is 0 Å². The second-order valence-electron chi connectivity index (χ2n) is 8.57. The smallest absolute Gasteiger partial charge is 0.243 e. The Morgan fingerprint density at radius 1 is 1.03 bits per heavy atom. The average molecular weight is 508 g/mol. The third-order valence-electron chi connectivity index (χ3n) is 6.10. The number of aliphatic hydroxyl groups is 1. The topological polar surface area (TPSA) is 108 Å². The van der Waals surface area contributed by atoms with E-state index in [1.54, 1.807) is 36.4 Å². The van der Waals surface area contributed by atoms with Gasteiger partial charge in [-0.05, 0) is 28.8 Å². The highest BCUT2D eigenvalue weighted by atomic mass is 32.2. The zero-order chi connectivity index (χ0) is 25.5. The van der Waals surface area contributed by atoms with Gasteiger partial charge in [-0.3, -0.25) is 4.79 Å². The van der Waals surface area contributed by atoms with Gasteiger partial charge in [0.2, 0.25) is 15.9 Å². The Kier molecular flexibility index (Phi) is 8.14. The zero-order valence-electron chi connectivity index (χ0n) is 19.9. The maximum Gasteiger partial charge on any atom is 0.243 e. The lowest BCUT2D eigenvalue weighted by atomic mass is 10.1. The van der Waals surface area contributed by atoms with Crippen molar-refractivity contribution in [2.45, 2.75) is 29.9 Å². The van der Waals surface area contributed by atoms with Gasteiger partial charge in [0.15, 0.2) is 0 Å². The standard InChI is InChI=1S/C27H29N3O5S/c1-35-29-23-16-24(17-27(32)28-18-26(31)22-10-6-3-7-11-22)30(19-23)36(33,34)25-14-12-21(13-15-25)20-8-4-2-5-9-20/h2-15,24,26,31H,16-19H2,1H3,(H,28,32)/t24-,26-/m0/s1. The van der Waals surface area contributed by atoms with Crippen LogP contribution in [0.15, 0.2) is 95.0 Å². The molecule has 36 heavy (non-hydrogen) atoms. The van der Waals surface area contributed by atoms with E-state index in [0.717, 1.165) is 11.1 Å². The number of rotatable bonds is 9. The van der Waals surface area contributed by atoms with Crippen molar-refractivity contribution in [1.29, 1.82) is 0 Å². The number of carbonyl (C=O) groups is 1. The molecule has 0 saturated carbocycles. The molecule has 188 valence electrons. The summed E-state index contributed by atoms with van der Waals surface area (Å²) >= 11 is 0. The predicted octanol–water partition coefficient (Wildman–Crippen LogP) is 3.36. The molecule has 2 N–H and O–H groups in total. The van der Waals surface area contributed by atoms with Gasteiger partial charge in [-0.15, -0.1) is 0 Å². The second-order valence-corrected chi connectivity index (χ2v) is 10.5. The molecule has 0 aliphatic carbocycles. The average Bonchev–Trinajstić information content (AvgIpc) is 3.31. The molecule has 4 rings (SSSR count). The summed E-state index contributed by atoms with van der Waals surface area (Å²) in [5.41, 5.74) is 3.13. The third kappa shape index (κ3) is 5.99. The Labute approximate surface area is 211 Å². The number of benzene rings is 3. The molecule has 0 bridgehead atoms. The monoisotopic (exact) mass is 507 g/mol. The van der Waals surface area contributed by atoms with E-state index in [2.05, 4.69) is 10.5 Å². The molecule has 8 nitrogen and oxygen atoms in total. The van der Waals surface area contributed by atoms with Crippen molar-refractivity contribution in [1.82, 2.24) is 9.62 Å². The number of amides is 1. The fraction of sp³-hybridized carbons (Fsp3) is 0.259. The minimum atomic E-state index is -3.89. The first kappa shape index (κ1) is 25.6. The summed E-state index contributed by atoms with van der Waals surface area (Å²) in [4.78, 5) is 17.7. The molecular formula is C27H29N3O5S. The SMILES string of the molecule is CON=C1C[C@@H](CC(=O)NC[C@H](O)c2ccccc2)N(S(=O)(=O)c2ccc(-c3ccccc3)cc2)C1. The van der Waals surface area contributed by atoms with Crippen molar-refractivity contribution in [2.24, 2.45) is 5.16 Å². The Hall–Kier alpha value is -3.53. The maximum absolute atomic E-state index is 13.5. The van der Waals surface area contributed by atoms with Crippen LogP contribution in [0.3, 0.4) is 0 Å². The lowest BCUT2D eigenvalue weighted by Crippen LogP contribution is -2.39. The van der Waals surface area contributed by atoms with Gasteiger partial charge in [-0.25, -0.2) is 8.42 Å². The minimum Gasteiger partial charge on any atom is -0.399 e. The number of oxime groups is 1. The molecule has 1 heterocycles. The van der Waals surface area contributed by atoms with Crippen LogP contribution >= 0.6 is 0 Å². The van der Waals surface area contributed by atoms with E-state index in [1.165, 1.54) is 11.4 Å². The fourth-order valence-electron chi connectivity index (χ4n) is 4.27. The van der Waals surface area contributed by atoms with Crippen LogP contribution in [-0.2, 0) is 19.7 Å². The van der Waals surface area contributed by atoms with Gasteiger partial charge in [0, 0.05) is 25.4 Å². The first-order valence-electron chi connectivity index (χ1n) is 11.6. The molecule has 2 atom stereocenters. The highest BCUT2D eigenvalue weighted by Gasteiger charge is 2.40. The summed E-state index contributed by atoms with van der Waals surface area (Å²) in [6.07, 6.45) is -0.637. The summed E-state index contributed by atoms with van der Waals surface area (Å²) in [5.74, 6) is -0.353. The summed E-state index contributed by atoms with van der Waals surface area (Å²) in [6.45, 7) is 0.0729. The maximum atomic E-state index is 13.5. The predicted molar refractivity (Wildman–Crippen MR) is 138 cm³/mol. The molecule has 9 heteroatoms. The second kappa shape index (κ2) is 11.5. The van der Waals surface area contributed by atoms with Crippen molar-refractivity contribution >= 4 is 21.6 Å². The molecule has 1 aliphatic rings. The first-order valence-corrected chi connectivity index (χ1v) is 13.1. The van der Waals surface area contributed by atoms with Crippen LogP contribution in [0.5, 0.6) is 0 Å². The highest BCUT2D eigenvalue weighted by molar-refractivity contribution is 7.89. The lowest BCUT2D eigenvalue weighted by Gasteiger charge is -2.23. The molecule has 0 radical (unpaired) electrons. The Morgan fingerprint density at radius 2 is 1.64 bits per heavy atom. The van der Waals surface area contributed by atoms with Gasteiger partial charge < -0.3 is 15.3 Å². The van der Waals surface area contributed by atoms with Crippen LogP contribution in [-0.4, -0.2) is 55.7 Å². The van der Waals surface area contributed by atoms with E-state index >= 15 is 0 Å². The van der Waals surface area contributed by atoms with Gasteiger partial charge in [-0.1, -0.05) is 78.0 Å². The minimum absolute atomic E-state index is 0.0300. The molecule has 1 fully saturated rings. The van der Waals surface area contributed by atoms with Gasteiger partial charge >= 0.3 is 0 Å². The van der Waals surface area contributed by atoms with Crippen LogP contribution in [0.1, 0.15) is 24.5 Å². The highest BCUT2D eigenvalue weighted by Crippen LogP contribution is 2.29. The van der Waals surface area contributed by atoms with E-state index in [9.17, 15) is 18.3 Å². The molecule has 1 amide bonds. The molecule has 0 spiro atoms. The van der Waals surface area contributed by atoms with Gasteiger partial charge in [-0.2, -0.15) is 4.31 Å². The quantitative estimate of drug-likeness (QED) is 0.432. The Morgan fingerprint density at radius 3 is 2.28 bits per heavy atom. The fourth-order valence-corrected chi connectivity index (χ4v) is 5.88. The van der Waals surface area contributed by atoms with Crippen molar-refractivity contribution in [3.63, 3.8) is 0 Å². The van der Waals surface area contributed by atoms with Crippen molar-refractivity contribution < 1.29 is 23.2 Å². The van der Waals surface area contributed by atoms with Gasteiger partial charge in [0.05, 0.1) is 23.3 Å². The molecule has 1 aliphatic heterocycles. The lowest BCUT2D eigenvalue weighted by molar-refractivity contribution is -0.122. The Balaban J connectivity index is 1.47. The number of hydrogen-bond acceptors (Lipinski definition) is 6. The molecular weight excluding hydrogens is 478 g/mol. The van der Waals surface area contributed by atoms with Crippen molar-refractivity contribution in [3.8, 4) is 11.1 Å². The number of carbonyl (C=O) groups excluding carboxylic acids is 1. The van der Waals surface area contributed by atoms with Crippen LogP contribution in [0.25, 0.3) is 11.1 Å². The van der Waals surface area contributed by atoms with E-state index in [1.807, 2.05) is 48.5 Å². The normalized spacial score (nSPS) is 18.2. The van der Waals surface area contributed by atoms with Crippen LogP contribution in [0, 0.1) is 0 Å². The summed E-state index contributed by atoms with van der Waals surface area (Å²) in [6, 6.07) is 24.8. The van der Waals surface area contributed by atoms with E-state index in [4.69, 9.17) is 4.84 Å². The summed E-state index contributed by atoms with van der Waals surface area (Å²) in [5, 5.41) is 17.0.